The van der Waals surface area contributed by atoms with Crippen LogP contribution >= 0.6 is 0 Å². The van der Waals surface area contributed by atoms with Crippen molar-refractivity contribution in [2.75, 3.05) is 5.32 Å². The predicted octanol–water partition coefficient (Wildman–Crippen LogP) is 4.61. The molecular formula is C23H31N3O2. The Labute approximate surface area is 168 Å². The Morgan fingerprint density at radius 2 is 1.46 bits per heavy atom. The quantitative estimate of drug-likeness (QED) is 0.688. The van der Waals surface area contributed by atoms with Gasteiger partial charge in [0, 0.05) is 24.6 Å². The predicted molar refractivity (Wildman–Crippen MR) is 113 cm³/mol. The average molecular weight is 382 g/mol. The zero-order valence-corrected chi connectivity index (χ0v) is 17.7. The molecule has 1 heterocycles. The van der Waals surface area contributed by atoms with Gasteiger partial charge in [-0.1, -0.05) is 45.9 Å². The molecule has 150 valence electrons. The third-order valence-corrected chi connectivity index (χ3v) is 4.95. The molecule has 0 atom stereocenters. The highest BCUT2D eigenvalue weighted by molar-refractivity contribution is 6.10. The third kappa shape index (κ3) is 4.97. The molecule has 2 rings (SSSR count). The monoisotopic (exact) mass is 381 g/mol. The summed E-state index contributed by atoms with van der Waals surface area (Å²) in [6.45, 7) is 12.1. The number of anilines is 1. The summed E-state index contributed by atoms with van der Waals surface area (Å²) in [6, 6.07) is 9.75. The minimum absolute atomic E-state index is 0.262. The van der Waals surface area contributed by atoms with E-state index >= 15 is 0 Å². The van der Waals surface area contributed by atoms with E-state index in [9.17, 15) is 9.59 Å². The molecule has 2 aromatic rings. The van der Waals surface area contributed by atoms with Crippen LogP contribution in [-0.2, 0) is 16.1 Å². The van der Waals surface area contributed by atoms with Crippen LogP contribution in [0.15, 0.2) is 42.7 Å². The summed E-state index contributed by atoms with van der Waals surface area (Å²) in [4.78, 5) is 29.7. The highest BCUT2D eigenvalue weighted by atomic mass is 16.2. The zero-order valence-electron chi connectivity index (χ0n) is 17.7. The van der Waals surface area contributed by atoms with E-state index in [0.717, 1.165) is 22.4 Å². The second-order valence-electron chi connectivity index (χ2n) is 8.24. The Hall–Kier alpha value is -2.69. The van der Waals surface area contributed by atoms with Crippen LogP contribution in [0.1, 0.15) is 70.1 Å². The van der Waals surface area contributed by atoms with E-state index in [0.29, 0.717) is 6.54 Å². The number of rotatable bonds is 7. The molecule has 0 aliphatic heterocycles. The molecule has 5 nitrogen and oxygen atoms in total. The van der Waals surface area contributed by atoms with E-state index in [2.05, 4.69) is 43.3 Å². The summed E-state index contributed by atoms with van der Waals surface area (Å²) in [5.74, 6) is -0.0973. The molecule has 0 aliphatic carbocycles. The molecule has 0 fully saturated rings. The molecule has 0 spiro atoms. The van der Waals surface area contributed by atoms with Gasteiger partial charge < -0.3 is 10.6 Å². The van der Waals surface area contributed by atoms with Crippen molar-refractivity contribution in [1.29, 1.82) is 0 Å². The van der Waals surface area contributed by atoms with Gasteiger partial charge in [-0.05, 0) is 54.5 Å². The molecule has 2 N–H and O–H groups in total. The number of nitrogens with one attached hydrogen (secondary N) is 2. The summed E-state index contributed by atoms with van der Waals surface area (Å²) in [7, 11) is 0. The number of hydrogen-bond acceptors (Lipinski definition) is 3. The molecule has 1 aromatic heterocycles. The Morgan fingerprint density at radius 1 is 0.929 bits per heavy atom. The fraction of sp³-hybridized carbons (Fsp3) is 0.435. The summed E-state index contributed by atoms with van der Waals surface area (Å²) in [6.07, 6.45) is 3.35. The van der Waals surface area contributed by atoms with E-state index < -0.39 is 5.41 Å². The molecule has 0 aliphatic rings. The largest absolute Gasteiger partial charge is 0.351 e. The Kier molecular flexibility index (Phi) is 6.95. The molecule has 0 saturated carbocycles. The molecule has 1 aromatic carbocycles. The molecule has 28 heavy (non-hydrogen) atoms. The number of benzene rings is 1. The molecule has 0 bridgehead atoms. The fourth-order valence-electron chi connectivity index (χ4n) is 2.97. The van der Waals surface area contributed by atoms with Crippen molar-refractivity contribution >= 4 is 17.5 Å². The van der Waals surface area contributed by atoms with Crippen LogP contribution in [0, 0.1) is 5.41 Å². The minimum Gasteiger partial charge on any atom is -0.351 e. The second-order valence-corrected chi connectivity index (χ2v) is 8.24. The molecular weight excluding hydrogens is 350 g/mol. The maximum Gasteiger partial charge on any atom is 0.239 e. The Bertz CT molecular complexity index is 801. The summed E-state index contributed by atoms with van der Waals surface area (Å²) >= 11 is 0. The van der Waals surface area contributed by atoms with Gasteiger partial charge in [-0.3, -0.25) is 14.6 Å². The number of nitrogens with zero attached hydrogens (tertiary/aromatic N) is 1. The second kappa shape index (κ2) is 9.00. The molecule has 5 heteroatoms. The van der Waals surface area contributed by atoms with E-state index in [4.69, 9.17) is 0 Å². The maximum absolute atomic E-state index is 13.1. The normalized spacial score (nSPS) is 11.6. The number of pyridine rings is 1. The smallest absolute Gasteiger partial charge is 0.239 e. The number of hydrogen-bond donors (Lipinski definition) is 2. The van der Waals surface area contributed by atoms with Crippen molar-refractivity contribution in [1.82, 2.24) is 10.3 Å². The summed E-state index contributed by atoms with van der Waals surface area (Å²) in [5.41, 5.74) is 2.71. The summed E-state index contributed by atoms with van der Waals surface area (Å²) < 4.78 is 0. The molecule has 0 saturated heterocycles. The zero-order chi connectivity index (χ0) is 20.9. The molecule has 2 amide bonds. The van der Waals surface area contributed by atoms with Gasteiger partial charge in [0.15, 0.2) is 0 Å². The van der Waals surface area contributed by atoms with Crippen LogP contribution in [0.3, 0.4) is 0 Å². The lowest BCUT2D eigenvalue weighted by atomic mass is 9.88. The lowest BCUT2D eigenvalue weighted by molar-refractivity contribution is -0.138. The van der Waals surface area contributed by atoms with Crippen LogP contribution in [-0.4, -0.2) is 16.8 Å². The van der Waals surface area contributed by atoms with Gasteiger partial charge in [-0.2, -0.15) is 0 Å². The van der Waals surface area contributed by atoms with Gasteiger partial charge in [0.1, 0.15) is 5.41 Å². The maximum atomic E-state index is 13.1. The highest BCUT2D eigenvalue weighted by Crippen LogP contribution is 2.33. The first-order valence-electron chi connectivity index (χ1n) is 9.76. The topological polar surface area (TPSA) is 71.1 Å². The highest BCUT2D eigenvalue weighted by Gasteiger charge is 2.36. The van der Waals surface area contributed by atoms with Crippen LogP contribution in [0.5, 0.6) is 0 Å². The lowest BCUT2D eigenvalue weighted by Gasteiger charge is -2.26. The van der Waals surface area contributed by atoms with E-state index in [1.165, 1.54) is 0 Å². The number of carbonyl (C=O) groups is 2. The Morgan fingerprint density at radius 3 is 1.96 bits per heavy atom. The minimum atomic E-state index is -1.20. The first kappa shape index (κ1) is 21.6. The first-order chi connectivity index (χ1) is 13.1. The van der Waals surface area contributed by atoms with E-state index in [1.807, 2.05) is 30.3 Å². The Balaban J connectivity index is 2.19. The van der Waals surface area contributed by atoms with E-state index in [-0.39, 0.29) is 23.7 Å². The third-order valence-electron chi connectivity index (χ3n) is 4.95. The van der Waals surface area contributed by atoms with Gasteiger partial charge in [-0.15, -0.1) is 0 Å². The van der Waals surface area contributed by atoms with Crippen LogP contribution in [0.2, 0.25) is 0 Å². The first-order valence-corrected chi connectivity index (χ1v) is 9.76. The molecule has 0 unspecified atom stereocenters. The number of amides is 2. The van der Waals surface area contributed by atoms with Gasteiger partial charge in [0.05, 0.1) is 0 Å². The number of para-hydroxylation sites is 1. The van der Waals surface area contributed by atoms with Crippen LogP contribution < -0.4 is 10.6 Å². The van der Waals surface area contributed by atoms with Crippen molar-refractivity contribution in [3.8, 4) is 0 Å². The van der Waals surface area contributed by atoms with Crippen LogP contribution in [0.4, 0.5) is 5.69 Å². The van der Waals surface area contributed by atoms with Crippen molar-refractivity contribution < 1.29 is 9.59 Å². The molecule has 0 radical (unpaired) electrons. The van der Waals surface area contributed by atoms with Crippen molar-refractivity contribution in [2.45, 2.75) is 59.9 Å². The fourth-order valence-corrected chi connectivity index (χ4v) is 2.97. The van der Waals surface area contributed by atoms with Crippen molar-refractivity contribution in [2.24, 2.45) is 5.41 Å². The lowest BCUT2D eigenvalue weighted by Crippen LogP contribution is -2.45. The van der Waals surface area contributed by atoms with E-state index in [1.54, 1.807) is 26.2 Å². The van der Waals surface area contributed by atoms with Crippen molar-refractivity contribution in [3.63, 3.8) is 0 Å². The standard InChI is InChI=1S/C23H31N3O2/c1-15(2)18-8-7-9-19(16(3)4)20(18)26-22(28)23(5,6)21(27)25-14-17-10-12-24-13-11-17/h7-13,15-16H,14H2,1-6H3,(H,25,27)(H,26,28). The average Bonchev–Trinajstić information content (AvgIpc) is 2.66. The van der Waals surface area contributed by atoms with Gasteiger partial charge in [0.25, 0.3) is 0 Å². The number of carbonyl (C=O) groups excluding carboxylic acids is 2. The van der Waals surface area contributed by atoms with Crippen LogP contribution in [0.25, 0.3) is 0 Å². The van der Waals surface area contributed by atoms with Gasteiger partial charge in [-0.25, -0.2) is 0 Å². The SMILES string of the molecule is CC(C)c1cccc(C(C)C)c1NC(=O)C(C)(C)C(=O)NCc1ccncc1. The number of aromatic nitrogens is 1. The van der Waals surface area contributed by atoms with Gasteiger partial charge >= 0.3 is 0 Å². The van der Waals surface area contributed by atoms with Crippen molar-refractivity contribution in [3.05, 3.63) is 59.4 Å². The summed E-state index contributed by atoms with van der Waals surface area (Å²) in [5, 5.41) is 5.90. The van der Waals surface area contributed by atoms with Gasteiger partial charge in [0.2, 0.25) is 11.8 Å².